The number of nitrogens with zero attached hydrogens (tertiary/aromatic N) is 3. The number of nitrogens with one attached hydrogen (secondary N) is 1. The second-order valence-electron chi connectivity index (χ2n) is 7.95. The molecule has 10 nitrogen and oxygen atoms in total. The van der Waals surface area contributed by atoms with Crippen LogP contribution in [0.25, 0.3) is 10.2 Å². The highest BCUT2D eigenvalue weighted by atomic mass is 32.1. The standard InChI is InChI=1S/C22H22N4O6S/c27-18(23-14-4-5-16-17(10-14)32-13-31-16)11-25-15-6-9-33-20(15)21(29)26(22(25)30)12-19(28)24-7-2-1-3-8-24/h4-6,9-10H,1-3,7-8,11-13H2,(H,23,27). The molecule has 0 bridgehead atoms. The van der Waals surface area contributed by atoms with Crippen LogP contribution >= 0.6 is 11.3 Å². The van der Waals surface area contributed by atoms with Gasteiger partial charge in [0.2, 0.25) is 18.6 Å². The topological polar surface area (TPSA) is 112 Å². The fourth-order valence-corrected chi connectivity index (χ4v) is 4.97. The Balaban J connectivity index is 1.42. The first-order valence-electron chi connectivity index (χ1n) is 10.7. The summed E-state index contributed by atoms with van der Waals surface area (Å²) < 4.78 is 13.1. The van der Waals surface area contributed by atoms with Gasteiger partial charge in [0.15, 0.2) is 11.5 Å². The van der Waals surface area contributed by atoms with Crippen LogP contribution in [0.5, 0.6) is 11.5 Å². The largest absolute Gasteiger partial charge is 0.454 e. The molecule has 0 saturated carbocycles. The van der Waals surface area contributed by atoms with E-state index in [-0.39, 0.29) is 25.8 Å². The minimum atomic E-state index is -0.683. The molecule has 0 spiro atoms. The number of piperidine rings is 1. The molecule has 5 rings (SSSR count). The maximum absolute atomic E-state index is 13.2. The summed E-state index contributed by atoms with van der Waals surface area (Å²) in [6.45, 7) is 0.728. The van der Waals surface area contributed by atoms with Crippen molar-refractivity contribution in [2.45, 2.75) is 32.4 Å². The quantitative estimate of drug-likeness (QED) is 0.606. The molecule has 1 saturated heterocycles. The predicted octanol–water partition coefficient (Wildman–Crippen LogP) is 1.60. The van der Waals surface area contributed by atoms with Crippen molar-refractivity contribution in [1.82, 2.24) is 14.0 Å². The molecule has 172 valence electrons. The summed E-state index contributed by atoms with van der Waals surface area (Å²) in [4.78, 5) is 53.3. The number of carbonyl (C=O) groups excluding carboxylic acids is 2. The number of aromatic nitrogens is 2. The average Bonchev–Trinajstić information content (AvgIpc) is 3.49. The van der Waals surface area contributed by atoms with Gasteiger partial charge in [0, 0.05) is 24.8 Å². The van der Waals surface area contributed by atoms with E-state index in [4.69, 9.17) is 9.47 Å². The maximum Gasteiger partial charge on any atom is 0.332 e. The van der Waals surface area contributed by atoms with Gasteiger partial charge in [-0.3, -0.25) is 19.0 Å². The zero-order valence-electron chi connectivity index (χ0n) is 17.7. The summed E-state index contributed by atoms with van der Waals surface area (Å²) in [6, 6.07) is 6.63. The Labute approximate surface area is 191 Å². The van der Waals surface area contributed by atoms with Gasteiger partial charge < -0.3 is 19.7 Å². The number of fused-ring (bicyclic) bond motifs is 2. The molecule has 2 aliphatic heterocycles. The summed E-state index contributed by atoms with van der Waals surface area (Å²) in [7, 11) is 0. The van der Waals surface area contributed by atoms with Crippen LogP contribution in [0.4, 0.5) is 5.69 Å². The summed E-state index contributed by atoms with van der Waals surface area (Å²) in [6.07, 6.45) is 2.89. The van der Waals surface area contributed by atoms with Crippen LogP contribution in [0.15, 0.2) is 39.2 Å². The minimum absolute atomic E-state index is 0.121. The molecule has 2 aromatic heterocycles. The highest BCUT2D eigenvalue weighted by Crippen LogP contribution is 2.34. The number of thiophene rings is 1. The van der Waals surface area contributed by atoms with E-state index in [0.29, 0.717) is 40.5 Å². The first kappa shape index (κ1) is 21.3. The zero-order chi connectivity index (χ0) is 22.9. The third-order valence-corrected chi connectivity index (χ3v) is 6.69. The molecule has 0 atom stereocenters. The molecular formula is C22H22N4O6S. The fourth-order valence-electron chi connectivity index (χ4n) is 4.12. The smallest absolute Gasteiger partial charge is 0.332 e. The molecule has 2 amide bonds. The number of ether oxygens (including phenoxy) is 2. The Morgan fingerprint density at radius 3 is 2.58 bits per heavy atom. The van der Waals surface area contributed by atoms with Crippen LogP contribution in [-0.4, -0.2) is 45.7 Å². The monoisotopic (exact) mass is 470 g/mol. The number of benzene rings is 1. The van der Waals surface area contributed by atoms with Gasteiger partial charge in [0.1, 0.15) is 17.8 Å². The molecule has 0 unspecified atom stereocenters. The molecule has 4 heterocycles. The lowest BCUT2D eigenvalue weighted by Crippen LogP contribution is -2.46. The van der Waals surface area contributed by atoms with Crippen molar-refractivity contribution in [3.63, 3.8) is 0 Å². The first-order valence-corrected chi connectivity index (χ1v) is 11.6. The van der Waals surface area contributed by atoms with Crippen LogP contribution in [0.2, 0.25) is 0 Å². The second kappa shape index (κ2) is 8.74. The van der Waals surface area contributed by atoms with Crippen molar-refractivity contribution in [3.8, 4) is 11.5 Å². The molecular weight excluding hydrogens is 448 g/mol. The third kappa shape index (κ3) is 4.11. The van der Waals surface area contributed by atoms with Gasteiger partial charge in [0.25, 0.3) is 5.56 Å². The Morgan fingerprint density at radius 1 is 0.970 bits per heavy atom. The number of likely N-dealkylation sites (tertiary alicyclic amines) is 1. The maximum atomic E-state index is 13.2. The van der Waals surface area contributed by atoms with Crippen molar-refractivity contribution in [2.75, 3.05) is 25.2 Å². The predicted molar refractivity (Wildman–Crippen MR) is 122 cm³/mol. The van der Waals surface area contributed by atoms with Crippen LogP contribution in [0, 0.1) is 0 Å². The van der Waals surface area contributed by atoms with Crippen molar-refractivity contribution in [1.29, 1.82) is 0 Å². The normalized spacial score (nSPS) is 15.1. The lowest BCUT2D eigenvalue weighted by molar-refractivity contribution is -0.132. The Hall–Kier alpha value is -3.60. The number of anilines is 1. The molecule has 1 aromatic carbocycles. The van der Waals surface area contributed by atoms with E-state index >= 15 is 0 Å². The molecule has 33 heavy (non-hydrogen) atoms. The van der Waals surface area contributed by atoms with E-state index < -0.39 is 17.2 Å². The van der Waals surface area contributed by atoms with E-state index in [2.05, 4.69) is 5.32 Å². The third-order valence-electron chi connectivity index (χ3n) is 5.80. The fraction of sp³-hybridized carbons (Fsp3) is 0.364. The van der Waals surface area contributed by atoms with E-state index in [0.717, 1.165) is 23.8 Å². The van der Waals surface area contributed by atoms with Crippen molar-refractivity contribution in [3.05, 3.63) is 50.5 Å². The van der Waals surface area contributed by atoms with Gasteiger partial charge in [-0.25, -0.2) is 9.36 Å². The minimum Gasteiger partial charge on any atom is -0.454 e. The number of carbonyl (C=O) groups is 2. The van der Waals surface area contributed by atoms with Crippen LogP contribution in [0.3, 0.4) is 0 Å². The number of amides is 2. The van der Waals surface area contributed by atoms with Crippen LogP contribution < -0.4 is 26.0 Å². The summed E-state index contributed by atoms with van der Waals surface area (Å²) in [5.41, 5.74) is -0.329. The average molecular weight is 471 g/mol. The Kier molecular flexibility index (Phi) is 5.63. The zero-order valence-corrected chi connectivity index (χ0v) is 18.6. The van der Waals surface area contributed by atoms with Gasteiger partial charge in [0.05, 0.1) is 5.52 Å². The Bertz CT molecular complexity index is 1350. The summed E-state index contributed by atoms with van der Waals surface area (Å²) >= 11 is 1.18. The van der Waals surface area contributed by atoms with E-state index in [1.807, 2.05) is 0 Å². The molecule has 0 aliphatic carbocycles. The molecule has 2 aliphatic rings. The first-order chi connectivity index (χ1) is 16.0. The summed E-state index contributed by atoms with van der Waals surface area (Å²) in [5.74, 6) is 0.404. The summed E-state index contributed by atoms with van der Waals surface area (Å²) in [5, 5.41) is 4.43. The highest BCUT2D eigenvalue weighted by molar-refractivity contribution is 7.17. The van der Waals surface area contributed by atoms with E-state index in [1.54, 1.807) is 34.5 Å². The van der Waals surface area contributed by atoms with Gasteiger partial charge in [-0.1, -0.05) is 0 Å². The SMILES string of the molecule is O=C(Cn1c(=O)n(CC(=O)N2CCCCC2)c(=O)c2sccc21)Nc1ccc2c(c1)OCO2. The van der Waals surface area contributed by atoms with Gasteiger partial charge in [-0.15, -0.1) is 11.3 Å². The molecule has 1 fully saturated rings. The lowest BCUT2D eigenvalue weighted by atomic mass is 10.1. The number of hydrogen-bond donors (Lipinski definition) is 1. The van der Waals surface area contributed by atoms with E-state index in [9.17, 15) is 19.2 Å². The number of rotatable bonds is 5. The molecule has 0 radical (unpaired) electrons. The highest BCUT2D eigenvalue weighted by Gasteiger charge is 2.22. The lowest BCUT2D eigenvalue weighted by Gasteiger charge is -2.26. The number of hydrogen-bond acceptors (Lipinski definition) is 7. The molecule has 1 N–H and O–H groups in total. The molecule has 3 aromatic rings. The van der Waals surface area contributed by atoms with Crippen LogP contribution in [0.1, 0.15) is 19.3 Å². The van der Waals surface area contributed by atoms with Crippen molar-refractivity contribution >= 4 is 39.1 Å². The van der Waals surface area contributed by atoms with E-state index in [1.165, 1.54) is 15.9 Å². The van der Waals surface area contributed by atoms with Gasteiger partial charge in [-0.05, 0) is 42.8 Å². The van der Waals surface area contributed by atoms with Crippen molar-refractivity contribution < 1.29 is 19.1 Å². The Morgan fingerprint density at radius 2 is 1.76 bits per heavy atom. The van der Waals surface area contributed by atoms with Crippen LogP contribution in [-0.2, 0) is 22.7 Å². The second-order valence-corrected chi connectivity index (χ2v) is 8.87. The van der Waals surface area contributed by atoms with Gasteiger partial charge >= 0.3 is 5.69 Å². The van der Waals surface area contributed by atoms with Crippen molar-refractivity contribution in [2.24, 2.45) is 0 Å². The van der Waals surface area contributed by atoms with Gasteiger partial charge in [-0.2, -0.15) is 0 Å². The molecule has 11 heteroatoms.